The molecule has 18 heavy (non-hydrogen) atoms. The molecule has 2 N–H and O–H groups in total. The van der Waals surface area contributed by atoms with Crippen LogP contribution in [0.4, 0.5) is 0 Å². The molecule has 98 valence electrons. The first kappa shape index (κ1) is 14.8. The highest BCUT2D eigenvalue weighted by Crippen LogP contribution is 2.26. The number of hydrogen-bond donors (Lipinski definition) is 2. The lowest BCUT2D eigenvalue weighted by molar-refractivity contribution is 0.317. The molecule has 0 heterocycles. The second-order valence-corrected chi connectivity index (χ2v) is 5.56. The predicted octanol–water partition coefficient (Wildman–Crippen LogP) is 1.84. The third-order valence-electron chi connectivity index (χ3n) is 2.57. The van der Waals surface area contributed by atoms with Crippen molar-refractivity contribution < 1.29 is 9.76 Å². The highest BCUT2D eigenvalue weighted by atomic mass is 32.2. The molecule has 0 saturated carbocycles. The van der Waals surface area contributed by atoms with Crippen LogP contribution >= 0.6 is 0 Å². The largest absolute Gasteiger partial charge is 0.614 e. The van der Waals surface area contributed by atoms with E-state index in [1.54, 1.807) is 6.08 Å². The first-order chi connectivity index (χ1) is 8.71. The lowest BCUT2D eigenvalue weighted by atomic mass is 10.1. The molecule has 0 aromatic heterocycles. The Bertz CT molecular complexity index is 397. The molecule has 0 aliphatic heterocycles. The summed E-state index contributed by atoms with van der Waals surface area (Å²) < 4.78 is 12.3. The van der Waals surface area contributed by atoms with Crippen molar-refractivity contribution in [2.45, 2.75) is 11.8 Å². The van der Waals surface area contributed by atoms with Gasteiger partial charge in [-0.3, -0.25) is 5.32 Å². The van der Waals surface area contributed by atoms with Gasteiger partial charge in [0.05, 0.1) is 0 Å². The molecule has 0 aliphatic rings. The monoisotopic (exact) mass is 266 g/mol. The lowest BCUT2D eigenvalue weighted by Gasteiger charge is -2.32. The quantitative estimate of drug-likeness (QED) is 0.260. The zero-order valence-corrected chi connectivity index (χ0v) is 11.2. The van der Waals surface area contributed by atoms with E-state index in [1.807, 2.05) is 37.3 Å². The molecule has 1 rings (SSSR count). The molecule has 0 saturated heterocycles. The molecule has 0 aliphatic carbocycles. The Hall–Kier alpha value is -1.30. The predicted molar refractivity (Wildman–Crippen MR) is 75.3 cm³/mol. The Labute approximate surface area is 111 Å². The van der Waals surface area contributed by atoms with Crippen LogP contribution in [0.2, 0.25) is 0 Å². The Kier molecular flexibility index (Phi) is 5.91. The second-order valence-electron chi connectivity index (χ2n) is 3.65. The summed E-state index contributed by atoms with van der Waals surface area (Å²) in [7, 11) is 0. The third-order valence-corrected chi connectivity index (χ3v) is 4.30. The average Bonchev–Trinajstić information content (AvgIpc) is 2.43. The van der Waals surface area contributed by atoms with Gasteiger partial charge in [0.2, 0.25) is 4.87 Å². The van der Waals surface area contributed by atoms with Gasteiger partial charge in [-0.25, -0.2) is 0 Å². The Morgan fingerprint density at radius 3 is 2.67 bits per heavy atom. The van der Waals surface area contributed by atoms with Crippen LogP contribution in [0.25, 0.3) is 0 Å². The van der Waals surface area contributed by atoms with Crippen molar-refractivity contribution in [1.29, 1.82) is 0 Å². The van der Waals surface area contributed by atoms with Crippen molar-refractivity contribution in [3.8, 4) is 0 Å². The Morgan fingerprint density at radius 1 is 1.50 bits per heavy atom. The van der Waals surface area contributed by atoms with E-state index in [0.717, 1.165) is 5.56 Å². The minimum atomic E-state index is -1.24. The smallest absolute Gasteiger partial charge is 0.242 e. The molecular formula is C13H18N2O2S. The van der Waals surface area contributed by atoms with Gasteiger partial charge < -0.3 is 9.76 Å². The van der Waals surface area contributed by atoms with E-state index in [0.29, 0.717) is 12.3 Å². The molecule has 0 amide bonds. The fraction of sp³-hybridized carbons (Fsp3) is 0.308. The van der Waals surface area contributed by atoms with Gasteiger partial charge in [-0.15, -0.1) is 6.58 Å². The van der Waals surface area contributed by atoms with Gasteiger partial charge in [0.1, 0.15) is 12.0 Å². The van der Waals surface area contributed by atoms with Crippen molar-refractivity contribution in [3.63, 3.8) is 0 Å². The normalized spacial score (nSPS) is 16.3. The van der Waals surface area contributed by atoms with Gasteiger partial charge in [0, 0.05) is 12.1 Å². The van der Waals surface area contributed by atoms with Crippen LogP contribution in [-0.4, -0.2) is 28.3 Å². The molecule has 2 unspecified atom stereocenters. The van der Waals surface area contributed by atoms with Gasteiger partial charge in [-0.05, 0) is 18.1 Å². The lowest BCUT2D eigenvalue weighted by Crippen LogP contribution is -2.51. The van der Waals surface area contributed by atoms with E-state index in [-0.39, 0.29) is 0 Å². The molecule has 1 aromatic rings. The van der Waals surface area contributed by atoms with Crippen molar-refractivity contribution >= 4 is 17.4 Å². The highest BCUT2D eigenvalue weighted by Gasteiger charge is 2.41. The number of benzene rings is 1. The fourth-order valence-corrected chi connectivity index (χ4v) is 2.97. The number of rotatable bonds is 7. The van der Waals surface area contributed by atoms with Crippen molar-refractivity contribution in [2.24, 2.45) is 5.16 Å². The van der Waals surface area contributed by atoms with Gasteiger partial charge in [0.15, 0.2) is 0 Å². The molecule has 4 nitrogen and oxygen atoms in total. The minimum absolute atomic E-state index is 0.449. The molecule has 0 bridgehead atoms. The second kappa shape index (κ2) is 7.20. The van der Waals surface area contributed by atoms with E-state index >= 15 is 0 Å². The van der Waals surface area contributed by atoms with Crippen LogP contribution in [0.15, 0.2) is 48.1 Å². The van der Waals surface area contributed by atoms with E-state index in [1.165, 1.54) is 6.21 Å². The Morgan fingerprint density at radius 2 is 2.17 bits per heavy atom. The summed E-state index contributed by atoms with van der Waals surface area (Å²) in [4.78, 5) is -0.987. The Balaban J connectivity index is 3.23. The SMILES string of the molecule is C=CCNC(/C=N/O)(c1ccccc1)[S+]([O-])CC. The van der Waals surface area contributed by atoms with Crippen LogP contribution in [0, 0.1) is 0 Å². The minimum Gasteiger partial charge on any atom is -0.614 e. The van der Waals surface area contributed by atoms with Gasteiger partial charge in [-0.2, -0.15) is 0 Å². The summed E-state index contributed by atoms with van der Waals surface area (Å²) in [5.41, 5.74) is 0.796. The summed E-state index contributed by atoms with van der Waals surface area (Å²) in [6, 6.07) is 9.30. The maximum atomic E-state index is 12.3. The van der Waals surface area contributed by atoms with Gasteiger partial charge in [-0.1, -0.05) is 41.6 Å². The maximum Gasteiger partial charge on any atom is 0.242 e. The zero-order chi connectivity index (χ0) is 13.4. The number of hydrogen-bond acceptors (Lipinski definition) is 4. The van der Waals surface area contributed by atoms with Crippen LogP contribution < -0.4 is 5.32 Å². The first-order valence-corrected chi connectivity index (χ1v) is 7.01. The fourth-order valence-electron chi connectivity index (χ4n) is 1.71. The van der Waals surface area contributed by atoms with E-state index in [2.05, 4.69) is 17.1 Å². The third kappa shape index (κ3) is 3.13. The van der Waals surface area contributed by atoms with E-state index < -0.39 is 16.0 Å². The van der Waals surface area contributed by atoms with Crippen LogP contribution in [0.5, 0.6) is 0 Å². The van der Waals surface area contributed by atoms with Gasteiger partial charge in [0.25, 0.3) is 0 Å². The molecule has 5 heteroatoms. The van der Waals surface area contributed by atoms with Crippen molar-refractivity contribution in [2.75, 3.05) is 12.3 Å². The van der Waals surface area contributed by atoms with Gasteiger partial charge >= 0.3 is 0 Å². The number of oxime groups is 1. The average molecular weight is 266 g/mol. The summed E-state index contributed by atoms with van der Waals surface area (Å²) >= 11 is -1.24. The van der Waals surface area contributed by atoms with Crippen LogP contribution in [0.3, 0.4) is 0 Å². The zero-order valence-electron chi connectivity index (χ0n) is 10.4. The molecular weight excluding hydrogens is 248 g/mol. The van der Waals surface area contributed by atoms with Crippen molar-refractivity contribution in [1.82, 2.24) is 5.32 Å². The molecule has 0 spiro atoms. The van der Waals surface area contributed by atoms with Crippen LogP contribution in [-0.2, 0) is 16.0 Å². The molecule has 0 fully saturated rings. The van der Waals surface area contributed by atoms with Crippen molar-refractivity contribution in [3.05, 3.63) is 48.6 Å². The standard InChI is InChI=1S/C13H18N2O2S/c1-3-10-14-13(11-15-16,18(17)4-2)12-8-6-5-7-9-12/h3,5-9,11,14,16H,1,4,10H2,2H3/b15-11+. The van der Waals surface area contributed by atoms with E-state index in [4.69, 9.17) is 5.21 Å². The molecule has 2 atom stereocenters. The summed E-state index contributed by atoms with van der Waals surface area (Å²) in [5, 5.41) is 15.1. The topological polar surface area (TPSA) is 67.7 Å². The highest BCUT2D eigenvalue weighted by molar-refractivity contribution is 7.93. The number of nitrogens with one attached hydrogen (secondary N) is 1. The number of nitrogens with zero attached hydrogens (tertiary/aromatic N) is 1. The molecule has 0 radical (unpaired) electrons. The summed E-state index contributed by atoms with van der Waals surface area (Å²) in [6.07, 6.45) is 2.96. The molecule has 1 aromatic carbocycles. The summed E-state index contributed by atoms with van der Waals surface area (Å²) in [5.74, 6) is 0.449. The summed E-state index contributed by atoms with van der Waals surface area (Å²) in [6.45, 7) is 5.93. The first-order valence-electron chi connectivity index (χ1n) is 5.69. The van der Waals surface area contributed by atoms with E-state index in [9.17, 15) is 4.55 Å². The maximum absolute atomic E-state index is 12.3. The van der Waals surface area contributed by atoms with Crippen LogP contribution in [0.1, 0.15) is 12.5 Å².